The smallest absolute Gasteiger partial charge is 0.0600 e. The number of hydrogen-bond acceptors (Lipinski definition) is 2. The average Bonchev–Trinajstić information content (AvgIpc) is 3.51. The maximum Gasteiger partial charge on any atom is 0.0600 e. The average molecular weight is 448 g/mol. The van der Waals surface area contributed by atoms with Crippen molar-refractivity contribution in [2.45, 2.75) is 138 Å². The van der Waals surface area contributed by atoms with E-state index in [-0.39, 0.29) is 0 Å². The maximum absolute atomic E-state index is 6.51. The summed E-state index contributed by atoms with van der Waals surface area (Å²) in [6.45, 7) is 20.6. The molecule has 1 saturated heterocycles. The van der Waals surface area contributed by atoms with Gasteiger partial charge in [-0.3, -0.25) is 0 Å². The topological polar surface area (TPSA) is 31.2 Å². The predicted molar refractivity (Wildman–Crippen MR) is 139 cm³/mol. The van der Waals surface area contributed by atoms with Crippen molar-refractivity contribution >= 4 is 0 Å². The quantitative estimate of drug-likeness (QED) is 0.257. The standard InChI is InChI=1S/C30H57NO/c1-9-20(3)16-17-30(7,8)29-26(31-29)15-14-21(4)23(6)28-22(5)18-25(28)19-32-27(10-2)24-12-11-13-24/h20-29,31H,9-19H2,1-8H3/t20?,21?,22-,23?,25?,26?,27?,28?,29?/m1/s1. The summed E-state index contributed by atoms with van der Waals surface area (Å²) >= 11 is 0. The highest BCUT2D eigenvalue weighted by Crippen LogP contribution is 2.49. The zero-order valence-corrected chi connectivity index (χ0v) is 23.0. The summed E-state index contributed by atoms with van der Waals surface area (Å²) in [5, 5.41) is 3.86. The summed E-state index contributed by atoms with van der Waals surface area (Å²) in [6, 6.07) is 1.51. The van der Waals surface area contributed by atoms with Gasteiger partial charge in [0, 0.05) is 12.1 Å². The van der Waals surface area contributed by atoms with E-state index in [9.17, 15) is 0 Å². The van der Waals surface area contributed by atoms with Gasteiger partial charge in [-0.05, 0) is 91.8 Å². The molecule has 2 nitrogen and oxygen atoms in total. The molecule has 32 heavy (non-hydrogen) atoms. The van der Waals surface area contributed by atoms with Crippen molar-refractivity contribution in [3.8, 4) is 0 Å². The third kappa shape index (κ3) is 6.53. The van der Waals surface area contributed by atoms with Crippen LogP contribution in [0.1, 0.15) is 120 Å². The number of ether oxygens (including phenoxy) is 1. The molecule has 188 valence electrons. The van der Waals surface area contributed by atoms with Crippen LogP contribution in [0.3, 0.4) is 0 Å². The van der Waals surface area contributed by atoms with Gasteiger partial charge in [-0.25, -0.2) is 0 Å². The molecule has 3 rings (SSSR count). The molecule has 0 aromatic rings. The lowest BCUT2D eigenvalue weighted by Crippen LogP contribution is -2.44. The van der Waals surface area contributed by atoms with Crippen LogP contribution in [0.4, 0.5) is 0 Å². The van der Waals surface area contributed by atoms with Gasteiger partial charge >= 0.3 is 0 Å². The van der Waals surface area contributed by atoms with Crippen LogP contribution in [-0.2, 0) is 4.74 Å². The second-order valence-corrected chi connectivity index (χ2v) is 13.2. The van der Waals surface area contributed by atoms with E-state index in [1.165, 1.54) is 64.2 Å². The van der Waals surface area contributed by atoms with E-state index in [0.29, 0.717) is 11.5 Å². The van der Waals surface area contributed by atoms with Crippen molar-refractivity contribution in [1.29, 1.82) is 0 Å². The molecule has 0 amide bonds. The summed E-state index contributed by atoms with van der Waals surface area (Å²) in [6.07, 6.45) is 14.2. The van der Waals surface area contributed by atoms with Gasteiger partial charge in [0.2, 0.25) is 0 Å². The van der Waals surface area contributed by atoms with Crippen molar-refractivity contribution in [2.75, 3.05) is 6.61 Å². The minimum absolute atomic E-state index is 0.449. The Morgan fingerprint density at radius 2 is 1.75 bits per heavy atom. The van der Waals surface area contributed by atoms with Crippen LogP contribution in [0.2, 0.25) is 0 Å². The van der Waals surface area contributed by atoms with Crippen LogP contribution in [0.25, 0.3) is 0 Å². The molecule has 0 aromatic heterocycles. The lowest BCUT2D eigenvalue weighted by molar-refractivity contribution is -0.0885. The summed E-state index contributed by atoms with van der Waals surface area (Å²) in [5.41, 5.74) is 0.449. The van der Waals surface area contributed by atoms with Gasteiger partial charge in [-0.1, -0.05) is 74.7 Å². The highest BCUT2D eigenvalue weighted by molar-refractivity contribution is 5.06. The van der Waals surface area contributed by atoms with E-state index >= 15 is 0 Å². The highest BCUT2D eigenvalue weighted by Gasteiger charge is 2.47. The fraction of sp³-hybridized carbons (Fsp3) is 1.00. The lowest BCUT2D eigenvalue weighted by atomic mass is 9.58. The zero-order valence-electron chi connectivity index (χ0n) is 23.0. The van der Waals surface area contributed by atoms with Crippen molar-refractivity contribution < 1.29 is 4.74 Å². The van der Waals surface area contributed by atoms with E-state index in [1.54, 1.807) is 0 Å². The molecule has 2 aliphatic carbocycles. The van der Waals surface area contributed by atoms with Crippen LogP contribution in [0, 0.1) is 46.8 Å². The van der Waals surface area contributed by atoms with Crippen LogP contribution >= 0.6 is 0 Å². The first-order valence-electron chi connectivity index (χ1n) is 14.6. The molecule has 3 aliphatic rings. The van der Waals surface area contributed by atoms with E-state index in [1.807, 2.05) is 0 Å². The fourth-order valence-corrected chi connectivity index (χ4v) is 7.09. The summed E-state index contributed by atoms with van der Waals surface area (Å²) < 4.78 is 6.51. The molecule has 1 aliphatic heterocycles. The minimum atomic E-state index is 0.449. The van der Waals surface area contributed by atoms with Crippen LogP contribution in [0.5, 0.6) is 0 Å². The van der Waals surface area contributed by atoms with Gasteiger partial charge < -0.3 is 10.1 Å². The monoisotopic (exact) mass is 447 g/mol. The van der Waals surface area contributed by atoms with Crippen molar-refractivity contribution in [3.63, 3.8) is 0 Å². The van der Waals surface area contributed by atoms with E-state index in [0.717, 1.165) is 60.1 Å². The van der Waals surface area contributed by atoms with E-state index in [4.69, 9.17) is 4.74 Å². The maximum atomic E-state index is 6.51. The molecule has 2 saturated carbocycles. The molecule has 9 atom stereocenters. The van der Waals surface area contributed by atoms with Gasteiger partial charge in [0.1, 0.15) is 0 Å². The molecule has 8 unspecified atom stereocenters. The van der Waals surface area contributed by atoms with Crippen LogP contribution < -0.4 is 5.32 Å². The van der Waals surface area contributed by atoms with Crippen molar-refractivity contribution in [2.24, 2.45) is 46.8 Å². The second-order valence-electron chi connectivity index (χ2n) is 13.2. The van der Waals surface area contributed by atoms with Gasteiger partial charge in [0.05, 0.1) is 12.7 Å². The van der Waals surface area contributed by atoms with Gasteiger partial charge in [-0.2, -0.15) is 0 Å². The van der Waals surface area contributed by atoms with Crippen LogP contribution in [-0.4, -0.2) is 24.8 Å². The summed E-state index contributed by atoms with van der Waals surface area (Å²) in [5.74, 6) is 5.95. The largest absolute Gasteiger partial charge is 0.378 e. The van der Waals surface area contributed by atoms with Crippen molar-refractivity contribution in [3.05, 3.63) is 0 Å². The Morgan fingerprint density at radius 1 is 1.03 bits per heavy atom. The Hall–Kier alpha value is -0.0800. The minimum Gasteiger partial charge on any atom is -0.378 e. The SMILES string of the molecule is CCC(C)CCC(C)(C)C1NC1CCC(C)C(C)C1C(COC(CC)C2CCC2)C[C@H]1C. The van der Waals surface area contributed by atoms with Crippen LogP contribution in [0.15, 0.2) is 0 Å². The van der Waals surface area contributed by atoms with Crippen molar-refractivity contribution in [1.82, 2.24) is 5.32 Å². The molecular formula is C30H57NO. The van der Waals surface area contributed by atoms with Gasteiger partial charge in [-0.15, -0.1) is 0 Å². The zero-order chi connectivity index (χ0) is 23.5. The highest BCUT2D eigenvalue weighted by atomic mass is 16.5. The lowest BCUT2D eigenvalue weighted by Gasteiger charge is -2.49. The number of rotatable bonds is 15. The first kappa shape index (κ1) is 26.5. The van der Waals surface area contributed by atoms with E-state index in [2.05, 4.69) is 60.7 Å². The second kappa shape index (κ2) is 11.6. The Kier molecular flexibility index (Phi) is 9.59. The molecule has 0 bridgehead atoms. The Balaban J connectivity index is 1.38. The summed E-state index contributed by atoms with van der Waals surface area (Å²) in [4.78, 5) is 0. The summed E-state index contributed by atoms with van der Waals surface area (Å²) in [7, 11) is 0. The molecular weight excluding hydrogens is 390 g/mol. The third-order valence-electron chi connectivity index (χ3n) is 10.4. The fourth-order valence-electron chi connectivity index (χ4n) is 7.09. The molecule has 2 heteroatoms. The molecule has 1 N–H and O–H groups in total. The molecule has 0 spiro atoms. The molecule has 0 aromatic carbocycles. The molecule has 0 radical (unpaired) electrons. The Morgan fingerprint density at radius 3 is 2.31 bits per heavy atom. The van der Waals surface area contributed by atoms with E-state index < -0.39 is 0 Å². The number of nitrogens with one attached hydrogen (secondary N) is 1. The normalized spacial score (nSPS) is 34.3. The Labute approximate surface area is 201 Å². The molecule has 3 fully saturated rings. The molecule has 1 heterocycles. The third-order valence-corrected chi connectivity index (χ3v) is 10.4. The van der Waals surface area contributed by atoms with Gasteiger partial charge in [0.15, 0.2) is 0 Å². The number of hydrogen-bond donors (Lipinski definition) is 1. The van der Waals surface area contributed by atoms with Gasteiger partial charge in [0.25, 0.3) is 0 Å². The first-order valence-corrected chi connectivity index (χ1v) is 14.6. The first-order chi connectivity index (χ1) is 15.2. The Bertz CT molecular complexity index is 555. The predicted octanol–water partition coefficient (Wildman–Crippen LogP) is 8.10.